The van der Waals surface area contributed by atoms with Crippen LogP contribution in [0.1, 0.15) is 26.5 Å². The van der Waals surface area contributed by atoms with Crippen molar-refractivity contribution in [3.63, 3.8) is 0 Å². The van der Waals surface area contributed by atoms with Crippen LogP contribution >= 0.6 is 0 Å². The summed E-state index contributed by atoms with van der Waals surface area (Å²) in [6, 6.07) is 3.71. The first-order valence-corrected chi connectivity index (χ1v) is 5.88. The third-order valence-corrected chi connectivity index (χ3v) is 2.32. The third-order valence-electron chi connectivity index (χ3n) is 2.32. The van der Waals surface area contributed by atoms with E-state index in [0.29, 0.717) is 12.4 Å². The van der Waals surface area contributed by atoms with E-state index in [4.69, 9.17) is 0 Å². The molecule has 0 spiro atoms. The average molecular weight is 243 g/mol. The van der Waals surface area contributed by atoms with E-state index in [1.165, 1.54) is 6.33 Å². The smallest absolute Gasteiger partial charge is 0.178 e. The molecule has 1 N–H and O–H groups in total. The minimum Gasteiger partial charge on any atom is -0.306 e. The van der Waals surface area contributed by atoms with Gasteiger partial charge in [-0.05, 0) is 32.9 Å². The molecule has 0 radical (unpaired) electrons. The molecule has 94 valence electrons. The summed E-state index contributed by atoms with van der Waals surface area (Å²) in [6.07, 6.45) is 4.94. The maximum atomic E-state index is 4.48. The van der Waals surface area contributed by atoms with Gasteiger partial charge < -0.3 is 5.32 Å². The van der Waals surface area contributed by atoms with Crippen molar-refractivity contribution >= 4 is 0 Å². The topological polar surface area (TPSA) is 63.6 Å². The molecule has 5 nitrogen and oxygen atoms in total. The molecule has 0 saturated heterocycles. The van der Waals surface area contributed by atoms with Crippen LogP contribution in [-0.2, 0) is 6.54 Å². The van der Waals surface area contributed by atoms with E-state index in [2.05, 4.69) is 46.0 Å². The fourth-order valence-electron chi connectivity index (χ4n) is 1.40. The van der Waals surface area contributed by atoms with Gasteiger partial charge in [-0.1, -0.05) is 0 Å². The molecule has 0 saturated carbocycles. The van der Waals surface area contributed by atoms with E-state index in [0.717, 1.165) is 11.4 Å². The van der Waals surface area contributed by atoms with Gasteiger partial charge in [-0.3, -0.25) is 0 Å². The molecule has 0 fully saturated rings. The molecular weight excluding hydrogens is 226 g/mol. The zero-order chi connectivity index (χ0) is 13.0. The Bertz CT molecular complexity index is 504. The Labute approximate surface area is 107 Å². The van der Waals surface area contributed by atoms with Gasteiger partial charge in [0.05, 0.1) is 5.69 Å². The minimum atomic E-state index is 0.0695. The van der Waals surface area contributed by atoms with Crippen molar-refractivity contribution in [2.45, 2.75) is 32.9 Å². The van der Waals surface area contributed by atoms with Crippen LogP contribution in [0.4, 0.5) is 0 Å². The lowest BCUT2D eigenvalue weighted by molar-refractivity contribution is 0.421. The predicted octanol–water partition coefficient (Wildman–Crippen LogP) is 1.82. The fourth-order valence-corrected chi connectivity index (χ4v) is 1.40. The maximum Gasteiger partial charge on any atom is 0.178 e. The number of hydrogen-bond donors (Lipinski definition) is 1. The minimum absolute atomic E-state index is 0.0695. The van der Waals surface area contributed by atoms with E-state index in [9.17, 15) is 0 Å². The number of nitrogens with zero attached hydrogens (tertiary/aromatic N) is 4. The second kappa shape index (κ2) is 5.18. The lowest BCUT2D eigenvalue weighted by Gasteiger charge is -2.20. The molecule has 0 amide bonds. The Hall–Kier alpha value is -1.88. The Morgan fingerprint density at radius 2 is 1.94 bits per heavy atom. The molecule has 0 aromatic carbocycles. The van der Waals surface area contributed by atoms with Crippen molar-refractivity contribution in [2.24, 2.45) is 0 Å². The molecule has 0 unspecified atom stereocenters. The molecule has 2 heterocycles. The van der Waals surface area contributed by atoms with Gasteiger partial charge in [0.1, 0.15) is 12.0 Å². The van der Waals surface area contributed by atoms with Crippen LogP contribution in [0, 0.1) is 0 Å². The summed E-state index contributed by atoms with van der Waals surface area (Å²) in [7, 11) is 0. The van der Waals surface area contributed by atoms with E-state index >= 15 is 0 Å². The van der Waals surface area contributed by atoms with Crippen LogP contribution in [0.5, 0.6) is 0 Å². The van der Waals surface area contributed by atoms with Gasteiger partial charge in [-0.25, -0.2) is 19.9 Å². The van der Waals surface area contributed by atoms with Crippen LogP contribution in [-0.4, -0.2) is 25.5 Å². The Morgan fingerprint density at radius 1 is 1.11 bits per heavy atom. The number of rotatable bonds is 3. The van der Waals surface area contributed by atoms with E-state index < -0.39 is 0 Å². The van der Waals surface area contributed by atoms with Crippen molar-refractivity contribution in [2.75, 3.05) is 0 Å². The van der Waals surface area contributed by atoms with Gasteiger partial charge in [-0.2, -0.15) is 0 Å². The zero-order valence-corrected chi connectivity index (χ0v) is 10.9. The molecule has 0 atom stereocenters. The monoisotopic (exact) mass is 243 g/mol. The van der Waals surface area contributed by atoms with Crippen LogP contribution in [0.15, 0.2) is 30.9 Å². The summed E-state index contributed by atoms with van der Waals surface area (Å²) in [5.41, 5.74) is 1.76. The summed E-state index contributed by atoms with van der Waals surface area (Å²) in [5.74, 6) is 0.630. The summed E-state index contributed by atoms with van der Waals surface area (Å²) >= 11 is 0. The second-order valence-corrected chi connectivity index (χ2v) is 5.07. The summed E-state index contributed by atoms with van der Waals surface area (Å²) < 4.78 is 0. The van der Waals surface area contributed by atoms with Crippen molar-refractivity contribution in [3.05, 3.63) is 36.5 Å². The highest BCUT2D eigenvalue weighted by molar-refractivity contribution is 5.47. The van der Waals surface area contributed by atoms with Crippen molar-refractivity contribution < 1.29 is 0 Å². The van der Waals surface area contributed by atoms with E-state index in [1.807, 2.05) is 6.07 Å². The van der Waals surface area contributed by atoms with Crippen molar-refractivity contribution in [1.82, 2.24) is 25.3 Å². The van der Waals surface area contributed by atoms with Gasteiger partial charge in [0, 0.05) is 24.5 Å². The molecular formula is C13H17N5. The molecule has 2 rings (SSSR count). The molecule has 0 aliphatic heterocycles. The van der Waals surface area contributed by atoms with E-state index in [1.54, 1.807) is 18.5 Å². The predicted molar refractivity (Wildman–Crippen MR) is 69.7 cm³/mol. The second-order valence-electron chi connectivity index (χ2n) is 5.07. The first-order chi connectivity index (χ1) is 8.54. The summed E-state index contributed by atoms with van der Waals surface area (Å²) in [5, 5.41) is 3.39. The van der Waals surface area contributed by atoms with Gasteiger partial charge in [0.25, 0.3) is 0 Å². The normalized spacial score (nSPS) is 11.5. The standard InChI is InChI=1S/C13H17N5/c1-13(2,3)17-8-10-4-7-15-12(18-10)11-5-6-14-9-16-11/h4-7,9,17H,8H2,1-3H3. The Kier molecular flexibility index (Phi) is 3.62. The first kappa shape index (κ1) is 12.6. The number of aromatic nitrogens is 4. The maximum absolute atomic E-state index is 4.48. The average Bonchev–Trinajstić information content (AvgIpc) is 2.37. The lowest BCUT2D eigenvalue weighted by atomic mass is 10.1. The van der Waals surface area contributed by atoms with E-state index in [-0.39, 0.29) is 5.54 Å². The first-order valence-electron chi connectivity index (χ1n) is 5.88. The fraction of sp³-hybridized carbons (Fsp3) is 0.385. The van der Waals surface area contributed by atoms with Gasteiger partial charge in [0.15, 0.2) is 5.82 Å². The largest absolute Gasteiger partial charge is 0.306 e. The van der Waals surface area contributed by atoms with Crippen molar-refractivity contribution in [1.29, 1.82) is 0 Å². The number of nitrogens with one attached hydrogen (secondary N) is 1. The highest BCUT2D eigenvalue weighted by Gasteiger charge is 2.09. The SMILES string of the molecule is CC(C)(C)NCc1ccnc(-c2ccncn2)n1. The van der Waals surface area contributed by atoms with Crippen LogP contribution < -0.4 is 5.32 Å². The lowest BCUT2D eigenvalue weighted by Crippen LogP contribution is -2.35. The zero-order valence-electron chi connectivity index (χ0n) is 10.9. The molecule has 0 bridgehead atoms. The molecule has 5 heteroatoms. The Morgan fingerprint density at radius 3 is 2.61 bits per heavy atom. The highest BCUT2D eigenvalue weighted by atomic mass is 15.0. The molecule has 2 aromatic heterocycles. The molecule has 0 aliphatic carbocycles. The van der Waals surface area contributed by atoms with Crippen LogP contribution in [0.2, 0.25) is 0 Å². The molecule has 2 aromatic rings. The summed E-state index contributed by atoms with van der Waals surface area (Å²) in [4.78, 5) is 16.7. The summed E-state index contributed by atoms with van der Waals surface area (Å²) in [6.45, 7) is 7.09. The van der Waals surface area contributed by atoms with Gasteiger partial charge in [0.2, 0.25) is 0 Å². The third kappa shape index (κ3) is 3.56. The number of hydrogen-bond acceptors (Lipinski definition) is 5. The van der Waals surface area contributed by atoms with Crippen LogP contribution in [0.3, 0.4) is 0 Å². The molecule has 0 aliphatic rings. The van der Waals surface area contributed by atoms with Crippen LogP contribution in [0.25, 0.3) is 11.5 Å². The van der Waals surface area contributed by atoms with Gasteiger partial charge in [-0.15, -0.1) is 0 Å². The van der Waals surface area contributed by atoms with Gasteiger partial charge >= 0.3 is 0 Å². The molecule has 18 heavy (non-hydrogen) atoms. The quantitative estimate of drug-likeness (QED) is 0.891. The highest BCUT2D eigenvalue weighted by Crippen LogP contribution is 2.10. The Balaban J connectivity index is 2.16. The van der Waals surface area contributed by atoms with Crippen molar-refractivity contribution in [3.8, 4) is 11.5 Å².